The number of hydrogen-bond donors (Lipinski definition) is 3. The number of hydrogen-bond acceptors (Lipinski definition) is 6. The topological polar surface area (TPSA) is 92.5 Å². The molecule has 1 aliphatic rings. The van der Waals surface area contributed by atoms with Crippen molar-refractivity contribution in [1.82, 2.24) is 15.2 Å². The highest BCUT2D eigenvalue weighted by atomic mass is 35.5. The fourth-order valence-corrected chi connectivity index (χ4v) is 5.00. The van der Waals surface area contributed by atoms with Gasteiger partial charge in [-0.2, -0.15) is 0 Å². The van der Waals surface area contributed by atoms with Crippen LogP contribution in [0.25, 0.3) is 11.1 Å². The van der Waals surface area contributed by atoms with E-state index in [0.29, 0.717) is 35.5 Å². The van der Waals surface area contributed by atoms with Crippen LogP contribution in [0, 0.1) is 0 Å². The number of nitrogens with one attached hydrogen (secondary N) is 2. The molecule has 0 aliphatic carbocycles. The molecule has 1 aliphatic heterocycles. The third-order valence-electron chi connectivity index (χ3n) is 7.11. The summed E-state index contributed by atoms with van der Waals surface area (Å²) < 4.78 is 5.43. The van der Waals surface area contributed by atoms with E-state index in [1.54, 1.807) is 12.1 Å². The molecule has 0 unspecified atom stereocenters. The van der Waals surface area contributed by atoms with Crippen LogP contribution < -0.4 is 21.1 Å². The maximum atomic E-state index is 12.3. The third-order valence-corrected chi connectivity index (χ3v) is 7.36. The van der Waals surface area contributed by atoms with Gasteiger partial charge >= 0.3 is 6.09 Å². The van der Waals surface area contributed by atoms with Gasteiger partial charge < -0.3 is 21.1 Å². The Kier molecular flexibility index (Phi) is 9.16. The van der Waals surface area contributed by atoms with Crippen molar-refractivity contribution in [3.8, 4) is 16.9 Å². The summed E-state index contributed by atoms with van der Waals surface area (Å²) in [5.41, 5.74) is 10.9. The molecule has 0 radical (unpaired) electrons. The highest BCUT2D eigenvalue weighted by Crippen LogP contribution is 2.29. The summed E-state index contributed by atoms with van der Waals surface area (Å²) >= 11 is 5.97. The van der Waals surface area contributed by atoms with Gasteiger partial charge in [0.25, 0.3) is 0 Å². The Morgan fingerprint density at radius 2 is 1.68 bits per heavy atom. The number of amides is 1. The van der Waals surface area contributed by atoms with Gasteiger partial charge in [0.05, 0.1) is 5.69 Å². The summed E-state index contributed by atoms with van der Waals surface area (Å²) in [5, 5.41) is 7.02. The molecule has 0 atom stereocenters. The molecule has 1 amide bonds. The SMILES string of the molecule is Nc1cc(-c2ccc(Cl)cc2)ccc1OC(=O)NCCc1ccc(CN2CCC(Nc3ccccn3)CC2)cc1. The van der Waals surface area contributed by atoms with Crippen molar-refractivity contribution in [3.05, 3.63) is 107 Å². The highest BCUT2D eigenvalue weighted by molar-refractivity contribution is 6.30. The van der Waals surface area contributed by atoms with E-state index in [0.717, 1.165) is 55.0 Å². The quantitative estimate of drug-likeness (QED) is 0.207. The fraction of sp³-hybridized carbons (Fsp3) is 0.250. The first-order valence-corrected chi connectivity index (χ1v) is 14.0. The number of carbonyl (C=O) groups is 1. The first kappa shape index (κ1) is 27.5. The number of carbonyl (C=O) groups excluding carboxylic acids is 1. The Hall–Kier alpha value is -4.07. The van der Waals surface area contributed by atoms with E-state index in [9.17, 15) is 4.79 Å². The van der Waals surface area contributed by atoms with Crippen molar-refractivity contribution in [2.24, 2.45) is 0 Å². The second-order valence-electron chi connectivity index (χ2n) is 10.1. The number of piperidine rings is 1. The maximum Gasteiger partial charge on any atom is 0.412 e. The summed E-state index contributed by atoms with van der Waals surface area (Å²) in [7, 11) is 0. The zero-order chi connectivity index (χ0) is 27.7. The number of nitrogens with two attached hydrogens (primary N) is 1. The van der Waals surface area contributed by atoms with Crippen LogP contribution in [-0.2, 0) is 13.0 Å². The zero-order valence-corrected chi connectivity index (χ0v) is 23.1. The standard InChI is InChI=1S/C32H34ClN5O2/c33-27-11-8-25(9-12-27)26-10-13-30(29(34)21-26)40-32(39)36-18-14-23-4-6-24(7-5-23)22-38-19-15-28(16-20-38)37-31-3-1-2-17-35-31/h1-13,17,21,28H,14-16,18-20,22,34H2,(H,35,37)(H,36,39). The smallest absolute Gasteiger partial charge is 0.408 e. The minimum absolute atomic E-state index is 0.330. The molecule has 206 valence electrons. The molecule has 0 spiro atoms. The third kappa shape index (κ3) is 7.74. The molecular formula is C32H34ClN5O2. The molecule has 4 aromatic rings. The fourth-order valence-electron chi connectivity index (χ4n) is 4.87. The number of nitrogens with zero attached hydrogens (tertiary/aromatic N) is 2. The van der Waals surface area contributed by atoms with Gasteiger partial charge in [0.2, 0.25) is 0 Å². The lowest BCUT2D eigenvalue weighted by atomic mass is 10.0. The summed E-state index contributed by atoms with van der Waals surface area (Å²) in [4.78, 5) is 19.2. The van der Waals surface area contributed by atoms with Crippen molar-refractivity contribution >= 4 is 29.2 Å². The first-order chi connectivity index (χ1) is 19.5. The number of ether oxygens (including phenoxy) is 1. The van der Waals surface area contributed by atoms with E-state index in [2.05, 4.69) is 44.8 Å². The number of likely N-dealkylation sites (tertiary alicyclic amines) is 1. The average molecular weight is 556 g/mol. The minimum atomic E-state index is -0.525. The van der Waals surface area contributed by atoms with E-state index < -0.39 is 6.09 Å². The highest BCUT2D eigenvalue weighted by Gasteiger charge is 2.19. The van der Waals surface area contributed by atoms with Crippen LogP contribution in [0.4, 0.5) is 16.3 Å². The van der Waals surface area contributed by atoms with Gasteiger partial charge in [-0.05, 0) is 77.9 Å². The van der Waals surface area contributed by atoms with Gasteiger partial charge in [-0.25, -0.2) is 9.78 Å². The van der Waals surface area contributed by atoms with Crippen LogP contribution in [0.3, 0.4) is 0 Å². The molecule has 4 N–H and O–H groups in total. The summed E-state index contributed by atoms with van der Waals surface area (Å²) in [6, 6.07) is 27.9. The van der Waals surface area contributed by atoms with E-state index in [4.69, 9.17) is 22.1 Å². The Bertz CT molecular complexity index is 1390. The summed E-state index contributed by atoms with van der Waals surface area (Å²) in [5.74, 6) is 1.28. The second-order valence-corrected chi connectivity index (χ2v) is 10.5. The number of nitrogen functional groups attached to an aromatic ring is 1. The molecule has 7 nitrogen and oxygen atoms in total. The molecule has 1 aromatic heterocycles. The number of rotatable bonds is 9. The summed E-state index contributed by atoms with van der Waals surface area (Å²) in [6.07, 6.45) is 4.22. The van der Waals surface area contributed by atoms with Gasteiger partial charge in [0, 0.05) is 43.4 Å². The van der Waals surface area contributed by atoms with Crippen LogP contribution >= 0.6 is 11.6 Å². The summed E-state index contributed by atoms with van der Waals surface area (Å²) in [6.45, 7) is 3.54. The van der Waals surface area contributed by atoms with Crippen molar-refractivity contribution in [3.63, 3.8) is 0 Å². The van der Waals surface area contributed by atoms with Crippen molar-refractivity contribution in [2.75, 3.05) is 30.7 Å². The lowest BCUT2D eigenvalue weighted by molar-refractivity contribution is 0.201. The second kappa shape index (κ2) is 13.3. The monoisotopic (exact) mass is 555 g/mol. The van der Waals surface area contributed by atoms with Crippen molar-refractivity contribution < 1.29 is 9.53 Å². The molecule has 2 heterocycles. The van der Waals surface area contributed by atoms with Gasteiger partial charge in [0.1, 0.15) is 5.82 Å². The van der Waals surface area contributed by atoms with Gasteiger partial charge in [-0.15, -0.1) is 0 Å². The van der Waals surface area contributed by atoms with Gasteiger partial charge in [-0.3, -0.25) is 4.90 Å². The van der Waals surface area contributed by atoms with Crippen LogP contribution in [0.1, 0.15) is 24.0 Å². The lowest BCUT2D eigenvalue weighted by Crippen LogP contribution is -2.38. The number of halogens is 1. The Balaban J connectivity index is 1.02. The van der Waals surface area contributed by atoms with Crippen LogP contribution in [-0.4, -0.2) is 41.7 Å². The van der Waals surface area contributed by atoms with Crippen LogP contribution in [0.15, 0.2) is 91.1 Å². The number of anilines is 2. The minimum Gasteiger partial charge on any atom is -0.408 e. The molecule has 5 rings (SSSR count). The van der Waals surface area contributed by atoms with E-state index in [1.807, 2.05) is 54.7 Å². The Labute approximate surface area is 240 Å². The lowest BCUT2D eigenvalue weighted by Gasteiger charge is -2.32. The van der Waals surface area contributed by atoms with Gasteiger partial charge in [0.15, 0.2) is 5.75 Å². The zero-order valence-electron chi connectivity index (χ0n) is 22.4. The molecule has 1 fully saturated rings. The number of pyridine rings is 1. The van der Waals surface area contributed by atoms with E-state index in [1.165, 1.54) is 5.56 Å². The van der Waals surface area contributed by atoms with Crippen LogP contribution in [0.5, 0.6) is 5.75 Å². The molecule has 0 bridgehead atoms. The van der Waals surface area contributed by atoms with E-state index >= 15 is 0 Å². The predicted octanol–water partition coefficient (Wildman–Crippen LogP) is 6.39. The van der Waals surface area contributed by atoms with Crippen molar-refractivity contribution in [2.45, 2.75) is 31.8 Å². The maximum absolute atomic E-state index is 12.3. The van der Waals surface area contributed by atoms with E-state index in [-0.39, 0.29) is 0 Å². The number of aromatic nitrogens is 1. The normalized spacial score (nSPS) is 14.0. The molecule has 8 heteroatoms. The Morgan fingerprint density at radius 3 is 2.38 bits per heavy atom. The first-order valence-electron chi connectivity index (χ1n) is 13.6. The predicted molar refractivity (Wildman–Crippen MR) is 162 cm³/mol. The van der Waals surface area contributed by atoms with Crippen molar-refractivity contribution in [1.29, 1.82) is 0 Å². The molecule has 3 aromatic carbocycles. The largest absolute Gasteiger partial charge is 0.412 e. The Morgan fingerprint density at radius 1 is 0.950 bits per heavy atom. The van der Waals surface area contributed by atoms with Crippen LogP contribution in [0.2, 0.25) is 5.02 Å². The molecule has 40 heavy (non-hydrogen) atoms. The van der Waals surface area contributed by atoms with Gasteiger partial charge in [-0.1, -0.05) is 60.1 Å². The molecule has 0 saturated carbocycles. The molecular weight excluding hydrogens is 522 g/mol. The number of benzene rings is 3. The average Bonchev–Trinajstić information content (AvgIpc) is 2.97. The molecule has 1 saturated heterocycles.